The monoisotopic (exact) mass is 296 g/mol. The molecule has 0 fully saturated rings. The highest BCUT2D eigenvalue weighted by molar-refractivity contribution is 5.98. The average molecular weight is 296 g/mol. The lowest BCUT2D eigenvalue weighted by Gasteiger charge is -2.24. The molecule has 1 atom stereocenters. The van der Waals surface area contributed by atoms with E-state index in [-0.39, 0.29) is 17.8 Å². The largest absolute Gasteiger partial charge is 0.351 e. The van der Waals surface area contributed by atoms with Gasteiger partial charge in [-0.25, -0.2) is 4.39 Å². The molecule has 22 heavy (non-hydrogen) atoms. The zero-order chi connectivity index (χ0) is 15.7. The number of hydrogen-bond acceptors (Lipinski definition) is 1. The molecule has 1 N–H and O–H groups in total. The first-order valence-corrected chi connectivity index (χ1v) is 7.16. The fraction of sp³-hybridized carbons (Fsp3) is 0.167. The van der Waals surface area contributed by atoms with Crippen LogP contribution in [0.3, 0.4) is 0 Å². The maximum Gasteiger partial charge on any atom is 0.270 e. The van der Waals surface area contributed by atoms with Crippen molar-refractivity contribution in [2.75, 3.05) is 7.05 Å². The Morgan fingerprint density at radius 1 is 1.14 bits per heavy atom. The van der Waals surface area contributed by atoms with Crippen molar-refractivity contribution in [2.45, 2.75) is 13.0 Å². The van der Waals surface area contributed by atoms with Gasteiger partial charge in [0, 0.05) is 18.0 Å². The van der Waals surface area contributed by atoms with Crippen molar-refractivity contribution >= 4 is 16.8 Å². The van der Waals surface area contributed by atoms with E-state index in [4.69, 9.17) is 0 Å². The quantitative estimate of drug-likeness (QED) is 0.774. The smallest absolute Gasteiger partial charge is 0.270 e. The molecule has 4 heteroatoms. The number of rotatable bonds is 3. The van der Waals surface area contributed by atoms with Gasteiger partial charge < -0.3 is 9.88 Å². The Balaban J connectivity index is 1.88. The van der Waals surface area contributed by atoms with Gasteiger partial charge in [-0.3, -0.25) is 4.79 Å². The molecule has 3 rings (SSSR count). The molecule has 1 amide bonds. The number of nitrogens with one attached hydrogen (secondary N) is 1. The molecule has 2 aromatic carbocycles. The number of aromatic amines is 1. The second-order valence-electron chi connectivity index (χ2n) is 5.42. The number of benzene rings is 2. The van der Waals surface area contributed by atoms with Crippen LogP contribution in [-0.2, 0) is 0 Å². The van der Waals surface area contributed by atoms with Crippen molar-refractivity contribution in [2.24, 2.45) is 0 Å². The summed E-state index contributed by atoms with van der Waals surface area (Å²) in [7, 11) is 1.77. The van der Waals surface area contributed by atoms with Crippen molar-refractivity contribution in [1.29, 1.82) is 0 Å². The molecule has 0 aliphatic rings. The number of carbonyl (C=O) groups is 1. The van der Waals surface area contributed by atoms with Crippen molar-refractivity contribution in [1.82, 2.24) is 9.88 Å². The van der Waals surface area contributed by atoms with Crippen LogP contribution in [0.4, 0.5) is 4.39 Å². The zero-order valence-corrected chi connectivity index (χ0v) is 12.5. The Labute approximate surface area is 128 Å². The maximum absolute atomic E-state index is 13.2. The van der Waals surface area contributed by atoms with Gasteiger partial charge in [0.25, 0.3) is 5.91 Å². The van der Waals surface area contributed by atoms with Gasteiger partial charge in [0.05, 0.1) is 6.04 Å². The highest BCUT2D eigenvalue weighted by atomic mass is 19.1. The molecule has 0 bridgehead atoms. The minimum absolute atomic E-state index is 0.0446. The van der Waals surface area contributed by atoms with Gasteiger partial charge >= 0.3 is 0 Å². The number of H-pyrrole nitrogens is 1. The Bertz CT molecular complexity index is 810. The average Bonchev–Trinajstić information content (AvgIpc) is 2.96. The number of aromatic nitrogens is 1. The zero-order valence-electron chi connectivity index (χ0n) is 12.5. The number of carbonyl (C=O) groups excluding carboxylic acids is 1. The summed E-state index contributed by atoms with van der Waals surface area (Å²) < 4.78 is 13.2. The number of nitrogens with zero attached hydrogens (tertiary/aromatic N) is 1. The van der Waals surface area contributed by atoms with E-state index < -0.39 is 0 Å². The SMILES string of the molecule is C[C@@H](c1ccccc1)N(C)C(=O)c1cc2cc(F)ccc2[nH]1. The molecular formula is C18H17FN2O. The second-order valence-corrected chi connectivity index (χ2v) is 5.42. The van der Waals surface area contributed by atoms with Crippen LogP contribution >= 0.6 is 0 Å². The van der Waals surface area contributed by atoms with E-state index in [0.29, 0.717) is 11.1 Å². The summed E-state index contributed by atoms with van der Waals surface area (Å²) in [6.07, 6.45) is 0. The highest BCUT2D eigenvalue weighted by Gasteiger charge is 2.20. The fourth-order valence-corrected chi connectivity index (χ4v) is 2.54. The molecule has 0 aliphatic carbocycles. The van der Waals surface area contributed by atoms with Gasteiger partial charge in [-0.2, -0.15) is 0 Å². The first-order valence-electron chi connectivity index (χ1n) is 7.16. The van der Waals surface area contributed by atoms with E-state index in [2.05, 4.69) is 4.98 Å². The van der Waals surface area contributed by atoms with E-state index in [1.165, 1.54) is 12.1 Å². The van der Waals surface area contributed by atoms with Gasteiger partial charge in [0.2, 0.25) is 0 Å². The van der Waals surface area contributed by atoms with Crippen LogP contribution in [0.25, 0.3) is 10.9 Å². The summed E-state index contributed by atoms with van der Waals surface area (Å²) in [5, 5.41) is 0.698. The topological polar surface area (TPSA) is 36.1 Å². The van der Waals surface area contributed by atoms with Crippen molar-refractivity contribution in [3.05, 3.63) is 71.7 Å². The van der Waals surface area contributed by atoms with Crippen LogP contribution in [0.5, 0.6) is 0 Å². The number of halogens is 1. The Kier molecular flexibility index (Phi) is 3.67. The molecule has 0 saturated heterocycles. The molecule has 3 nitrogen and oxygen atoms in total. The maximum atomic E-state index is 13.2. The van der Waals surface area contributed by atoms with E-state index >= 15 is 0 Å². The lowest BCUT2D eigenvalue weighted by Crippen LogP contribution is -2.29. The molecule has 0 aliphatic heterocycles. The summed E-state index contributed by atoms with van der Waals surface area (Å²) in [6, 6.07) is 15.9. The van der Waals surface area contributed by atoms with Gasteiger partial charge in [-0.1, -0.05) is 30.3 Å². The van der Waals surface area contributed by atoms with E-state index in [1.807, 2.05) is 37.3 Å². The van der Waals surface area contributed by atoms with Crippen LogP contribution in [0, 0.1) is 5.82 Å². The normalized spacial score (nSPS) is 12.3. The van der Waals surface area contributed by atoms with Gasteiger partial charge in [-0.05, 0) is 36.8 Å². The standard InChI is InChI=1S/C18H17FN2O/c1-12(13-6-4-3-5-7-13)21(2)18(22)17-11-14-10-15(19)8-9-16(14)20-17/h3-12,20H,1-2H3/t12-/m0/s1. The van der Waals surface area contributed by atoms with Crippen LogP contribution < -0.4 is 0 Å². The van der Waals surface area contributed by atoms with Gasteiger partial charge in [0.15, 0.2) is 0 Å². The lowest BCUT2D eigenvalue weighted by atomic mass is 10.1. The molecule has 1 heterocycles. The molecule has 0 spiro atoms. The van der Waals surface area contributed by atoms with Crippen LogP contribution in [-0.4, -0.2) is 22.8 Å². The predicted octanol–water partition coefficient (Wildman–Crippen LogP) is 4.14. The number of amides is 1. The lowest BCUT2D eigenvalue weighted by molar-refractivity contribution is 0.0737. The van der Waals surface area contributed by atoms with Crippen molar-refractivity contribution in [3.63, 3.8) is 0 Å². The number of hydrogen-bond donors (Lipinski definition) is 1. The Morgan fingerprint density at radius 2 is 1.86 bits per heavy atom. The summed E-state index contributed by atoms with van der Waals surface area (Å²) in [4.78, 5) is 17.3. The second kappa shape index (κ2) is 5.64. The summed E-state index contributed by atoms with van der Waals surface area (Å²) in [6.45, 7) is 1.98. The molecular weight excluding hydrogens is 279 g/mol. The molecule has 3 aromatic rings. The van der Waals surface area contributed by atoms with Crippen LogP contribution in [0.2, 0.25) is 0 Å². The number of fused-ring (bicyclic) bond motifs is 1. The van der Waals surface area contributed by atoms with E-state index in [1.54, 1.807) is 24.1 Å². The first-order chi connectivity index (χ1) is 10.6. The molecule has 0 saturated carbocycles. The van der Waals surface area contributed by atoms with Crippen LogP contribution in [0.1, 0.15) is 29.0 Å². The Morgan fingerprint density at radius 3 is 2.59 bits per heavy atom. The third-order valence-electron chi connectivity index (χ3n) is 4.00. The molecule has 112 valence electrons. The molecule has 1 aromatic heterocycles. The highest BCUT2D eigenvalue weighted by Crippen LogP contribution is 2.22. The van der Waals surface area contributed by atoms with Gasteiger partial charge in [0.1, 0.15) is 11.5 Å². The third kappa shape index (κ3) is 2.60. The first kappa shape index (κ1) is 14.3. The molecule has 0 unspecified atom stereocenters. The van der Waals surface area contributed by atoms with Crippen LogP contribution in [0.15, 0.2) is 54.6 Å². The minimum atomic E-state index is -0.309. The summed E-state index contributed by atoms with van der Waals surface area (Å²) in [5.41, 5.74) is 2.29. The van der Waals surface area contributed by atoms with Crippen molar-refractivity contribution < 1.29 is 9.18 Å². The summed E-state index contributed by atoms with van der Waals surface area (Å²) in [5.74, 6) is -0.426. The van der Waals surface area contributed by atoms with Crippen molar-refractivity contribution in [3.8, 4) is 0 Å². The fourth-order valence-electron chi connectivity index (χ4n) is 2.54. The predicted molar refractivity (Wildman–Crippen MR) is 85.2 cm³/mol. The van der Waals surface area contributed by atoms with E-state index in [0.717, 1.165) is 11.1 Å². The minimum Gasteiger partial charge on any atom is -0.351 e. The van der Waals surface area contributed by atoms with Gasteiger partial charge in [-0.15, -0.1) is 0 Å². The third-order valence-corrected chi connectivity index (χ3v) is 4.00. The Hall–Kier alpha value is -2.62. The molecule has 0 radical (unpaired) electrons. The summed E-state index contributed by atoms with van der Waals surface area (Å²) >= 11 is 0. The van der Waals surface area contributed by atoms with E-state index in [9.17, 15) is 9.18 Å².